The van der Waals surface area contributed by atoms with Crippen LogP contribution < -0.4 is 0 Å². The van der Waals surface area contributed by atoms with Crippen molar-refractivity contribution in [2.45, 2.75) is 38.1 Å². The largest absolute Gasteiger partial charge is 0.465 e. The van der Waals surface area contributed by atoms with Crippen LogP contribution in [0.5, 0.6) is 0 Å². The molecule has 0 aromatic heterocycles. The summed E-state index contributed by atoms with van der Waals surface area (Å²) in [7, 11) is 0. The molecular formula is C19H23F3N2O2. The van der Waals surface area contributed by atoms with Crippen molar-refractivity contribution in [3.8, 4) is 0 Å². The first-order valence-corrected chi connectivity index (χ1v) is 8.81. The van der Waals surface area contributed by atoms with Crippen molar-refractivity contribution < 1.29 is 23.1 Å². The smallest absolute Gasteiger partial charge is 0.407 e. The van der Waals surface area contributed by atoms with Crippen LogP contribution in [0.25, 0.3) is 0 Å². The quantitative estimate of drug-likeness (QED) is 0.769. The Labute approximate surface area is 150 Å². The topological polar surface area (TPSA) is 43.8 Å². The highest BCUT2D eigenvalue weighted by Crippen LogP contribution is 2.48. The van der Waals surface area contributed by atoms with E-state index in [1.807, 2.05) is 37.3 Å². The van der Waals surface area contributed by atoms with E-state index in [0.29, 0.717) is 32.4 Å². The van der Waals surface area contributed by atoms with Gasteiger partial charge in [0.05, 0.1) is 0 Å². The van der Waals surface area contributed by atoms with Crippen LogP contribution in [-0.2, 0) is 0 Å². The molecule has 2 fully saturated rings. The lowest BCUT2D eigenvalue weighted by atomic mass is 9.80. The van der Waals surface area contributed by atoms with Crippen molar-refractivity contribution in [3.05, 3.63) is 47.9 Å². The first-order valence-electron chi connectivity index (χ1n) is 8.81. The Morgan fingerprint density at radius 3 is 2.38 bits per heavy atom. The molecule has 0 radical (unpaired) electrons. The molecule has 1 saturated carbocycles. The van der Waals surface area contributed by atoms with Crippen LogP contribution in [-0.4, -0.2) is 46.7 Å². The third kappa shape index (κ3) is 3.97. The number of likely N-dealkylation sites (tertiary alicyclic amines) is 1. The highest BCUT2D eigenvalue weighted by atomic mass is 19.3. The third-order valence-corrected chi connectivity index (χ3v) is 5.59. The van der Waals surface area contributed by atoms with Crippen LogP contribution in [0.4, 0.5) is 18.0 Å². The van der Waals surface area contributed by atoms with Gasteiger partial charge in [0.15, 0.2) is 0 Å². The van der Waals surface area contributed by atoms with Gasteiger partial charge in [-0.2, -0.15) is 13.2 Å². The SMILES string of the molecule is CC1(CN(C(F)=C(F)F)[C@@H]2C[C@H]2c2ccccc2)CCN(C(=O)O)CC1. The van der Waals surface area contributed by atoms with Gasteiger partial charge in [0.25, 0.3) is 5.95 Å². The lowest BCUT2D eigenvalue weighted by molar-refractivity contribution is 0.0666. The van der Waals surface area contributed by atoms with Crippen LogP contribution in [0.3, 0.4) is 0 Å². The lowest BCUT2D eigenvalue weighted by Gasteiger charge is -2.41. The third-order valence-electron chi connectivity index (χ3n) is 5.59. The Kier molecular flexibility index (Phi) is 5.16. The number of hydrogen-bond donors (Lipinski definition) is 1. The van der Waals surface area contributed by atoms with Crippen molar-refractivity contribution in [1.82, 2.24) is 9.80 Å². The minimum Gasteiger partial charge on any atom is -0.465 e. The molecule has 26 heavy (non-hydrogen) atoms. The summed E-state index contributed by atoms with van der Waals surface area (Å²) in [5.41, 5.74) is 0.628. The highest BCUT2D eigenvalue weighted by Gasteiger charge is 2.47. The van der Waals surface area contributed by atoms with Gasteiger partial charge in [-0.05, 0) is 30.2 Å². The molecule has 1 aromatic carbocycles. The average Bonchev–Trinajstić information content (AvgIpc) is 3.41. The molecule has 1 aliphatic heterocycles. The van der Waals surface area contributed by atoms with Crippen molar-refractivity contribution >= 4 is 6.09 Å². The molecule has 0 spiro atoms. The standard InChI is InChI=1S/C19H23F3N2O2/c1-19(7-9-23(10-8-19)18(25)26)12-24(17(22)16(20)21)15-11-14(15)13-5-3-2-4-6-13/h2-6,14-15H,7-12H2,1H3,(H,25,26)/t14-,15+/m0/s1. The first kappa shape index (κ1) is 18.6. The zero-order valence-corrected chi connectivity index (χ0v) is 14.7. The van der Waals surface area contributed by atoms with Gasteiger partial charge < -0.3 is 14.9 Å². The molecule has 2 atom stereocenters. The zero-order valence-electron chi connectivity index (χ0n) is 14.7. The van der Waals surface area contributed by atoms with E-state index < -0.39 is 23.5 Å². The second kappa shape index (κ2) is 7.21. The molecular weight excluding hydrogens is 345 g/mol. The highest BCUT2D eigenvalue weighted by molar-refractivity contribution is 5.65. The van der Waals surface area contributed by atoms with Crippen LogP contribution in [0.15, 0.2) is 42.4 Å². The van der Waals surface area contributed by atoms with Crippen LogP contribution in [0.1, 0.15) is 37.7 Å². The number of nitrogens with zero attached hydrogens (tertiary/aromatic N) is 2. The summed E-state index contributed by atoms with van der Waals surface area (Å²) in [6.45, 7) is 2.77. The summed E-state index contributed by atoms with van der Waals surface area (Å²) in [6.07, 6.45) is -1.58. The molecule has 4 nitrogen and oxygen atoms in total. The predicted octanol–water partition coefficient (Wildman–Crippen LogP) is 4.66. The van der Waals surface area contributed by atoms with E-state index in [-0.39, 0.29) is 18.5 Å². The van der Waals surface area contributed by atoms with Crippen LogP contribution in [0.2, 0.25) is 0 Å². The van der Waals surface area contributed by atoms with Gasteiger partial charge in [0.1, 0.15) is 0 Å². The maximum Gasteiger partial charge on any atom is 0.407 e. The van der Waals surface area contributed by atoms with E-state index in [9.17, 15) is 18.0 Å². The van der Waals surface area contributed by atoms with Crippen molar-refractivity contribution in [3.63, 3.8) is 0 Å². The number of hydrogen-bond acceptors (Lipinski definition) is 2. The Morgan fingerprint density at radius 2 is 1.85 bits per heavy atom. The van der Waals surface area contributed by atoms with Crippen molar-refractivity contribution in [2.24, 2.45) is 5.41 Å². The number of carbonyl (C=O) groups is 1. The molecule has 1 N–H and O–H groups in total. The average molecular weight is 368 g/mol. The molecule has 142 valence electrons. The summed E-state index contributed by atoms with van der Waals surface area (Å²) in [6, 6.07) is 9.25. The minimum absolute atomic E-state index is 0.0454. The van der Waals surface area contributed by atoms with Crippen LogP contribution >= 0.6 is 0 Å². The number of benzene rings is 1. The molecule has 1 heterocycles. The van der Waals surface area contributed by atoms with Gasteiger partial charge in [0, 0.05) is 31.6 Å². The fraction of sp³-hybridized carbons (Fsp3) is 0.526. The summed E-state index contributed by atoms with van der Waals surface area (Å²) < 4.78 is 40.3. The van der Waals surface area contributed by atoms with Crippen molar-refractivity contribution in [1.29, 1.82) is 0 Å². The number of piperidine rings is 1. The predicted molar refractivity (Wildman–Crippen MR) is 91.6 cm³/mol. The van der Waals surface area contributed by atoms with Crippen LogP contribution in [0, 0.1) is 5.41 Å². The molecule has 3 rings (SSSR count). The molecule has 1 saturated heterocycles. The monoisotopic (exact) mass is 368 g/mol. The number of carboxylic acid groups (broad SMARTS) is 1. The summed E-state index contributed by atoms with van der Waals surface area (Å²) in [4.78, 5) is 13.6. The molecule has 1 aliphatic carbocycles. The maximum absolute atomic E-state index is 14.3. The summed E-state index contributed by atoms with van der Waals surface area (Å²) in [5.74, 6) is -1.40. The van der Waals surface area contributed by atoms with E-state index in [1.165, 1.54) is 9.80 Å². The zero-order chi connectivity index (χ0) is 18.9. The van der Waals surface area contributed by atoms with E-state index in [2.05, 4.69) is 0 Å². The van der Waals surface area contributed by atoms with Gasteiger partial charge in [-0.1, -0.05) is 37.3 Å². The Balaban J connectivity index is 1.72. The lowest BCUT2D eigenvalue weighted by Crippen LogP contribution is -2.46. The molecule has 0 bridgehead atoms. The molecule has 0 unspecified atom stereocenters. The van der Waals surface area contributed by atoms with E-state index in [1.54, 1.807) is 0 Å². The fourth-order valence-electron chi connectivity index (χ4n) is 3.83. The second-order valence-electron chi connectivity index (χ2n) is 7.58. The van der Waals surface area contributed by atoms with Gasteiger partial charge in [-0.3, -0.25) is 0 Å². The number of rotatable bonds is 5. The fourth-order valence-corrected chi connectivity index (χ4v) is 3.83. The number of amides is 1. The Morgan fingerprint density at radius 1 is 1.23 bits per heavy atom. The van der Waals surface area contributed by atoms with Gasteiger partial charge in [-0.25, -0.2) is 4.79 Å². The molecule has 1 amide bonds. The summed E-state index contributed by atoms with van der Waals surface area (Å²) >= 11 is 0. The second-order valence-corrected chi connectivity index (χ2v) is 7.58. The van der Waals surface area contributed by atoms with E-state index >= 15 is 0 Å². The minimum atomic E-state index is -2.30. The summed E-state index contributed by atoms with van der Waals surface area (Å²) in [5, 5.41) is 9.06. The maximum atomic E-state index is 14.3. The molecule has 1 aromatic rings. The van der Waals surface area contributed by atoms with Crippen molar-refractivity contribution in [2.75, 3.05) is 19.6 Å². The molecule has 2 aliphatic rings. The Hall–Kier alpha value is -2.18. The number of halogens is 3. The van der Waals surface area contributed by atoms with E-state index in [4.69, 9.17) is 5.11 Å². The Bertz CT molecular complexity index is 683. The van der Waals surface area contributed by atoms with Gasteiger partial charge >= 0.3 is 12.2 Å². The normalized spacial score (nSPS) is 24.1. The molecule has 7 heteroatoms. The first-order chi connectivity index (χ1) is 12.3. The van der Waals surface area contributed by atoms with Gasteiger partial charge in [0.2, 0.25) is 0 Å². The van der Waals surface area contributed by atoms with E-state index in [0.717, 1.165) is 5.56 Å². The van der Waals surface area contributed by atoms with Gasteiger partial charge in [-0.15, -0.1) is 0 Å².